The van der Waals surface area contributed by atoms with Crippen LogP contribution in [0.25, 0.3) is 11.1 Å². The first-order valence-corrected chi connectivity index (χ1v) is 6.87. The Bertz CT molecular complexity index is 567. The smallest absolute Gasteiger partial charge is 0.119 e. The summed E-state index contributed by atoms with van der Waals surface area (Å²) in [7, 11) is 4.05. The van der Waals surface area contributed by atoms with Crippen LogP contribution in [0, 0.1) is 0 Å². The van der Waals surface area contributed by atoms with Crippen LogP contribution in [0.4, 0.5) is 5.69 Å². The number of nitrogen functional groups attached to an aromatic ring is 1. The van der Waals surface area contributed by atoms with Crippen LogP contribution in [-0.2, 0) is 0 Å². The molecule has 0 fully saturated rings. The Kier molecular flexibility index (Phi) is 4.88. The second kappa shape index (κ2) is 6.64. The van der Waals surface area contributed by atoms with Crippen molar-refractivity contribution in [1.29, 1.82) is 0 Å². The van der Waals surface area contributed by atoms with Crippen molar-refractivity contribution in [2.45, 2.75) is 0 Å². The molecule has 0 radical (unpaired) electrons. The number of hydrogen-bond acceptors (Lipinski definition) is 3. The molecule has 2 aromatic carbocycles. The largest absolute Gasteiger partial charge is 0.492 e. The molecule has 20 heavy (non-hydrogen) atoms. The van der Waals surface area contributed by atoms with E-state index in [0.717, 1.165) is 23.4 Å². The zero-order chi connectivity index (χ0) is 14.5. The van der Waals surface area contributed by atoms with E-state index in [-0.39, 0.29) is 0 Å². The van der Waals surface area contributed by atoms with Crippen LogP contribution in [0.3, 0.4) is 0 Å². The summed E-state index contributed by atoms with van der Waals surface area (Å²) in [5.74, 6) is 0.863. The van der Waals surface area contributed by atoms with E-state index in [1.807, 2.05) is 50.5 Å². The SMILES string of the molecule is CN(C)CCOc1ccc(-c2ccc(N)cc2Cl)cc1. The number of hydrogen-bond donors (Lipinski definition) is 1. The van der Waals surface area contributed by atoms with E-state index in [1.54, 1.807) is 6.07 Å². The number of anilines is 1. The van der Waals surface area contributed by atoms with Gasteiger partial charge >= 0.3 is 0 Å². The molecule has 2 N–H and O–H groups in total. The van der Waals surface area contributed by atoms with Crippen LogP contribution in [0.5, 0.6) is 5.75 Å². The van der Waals surface area contributed by atoms with Crippen LogP contribution in [-0.4, -0.2) is 32.1 Å². The maximum absolute atomic E-state index is 6.21. The molecule has 106 valence electrons. The van der Waals surface area contributed by atoms with E-state index in [9.17, 15) is 0 Å². The van der Waals surface area contributed by atoms with Crippen molar-refractivity contribution in [2.24, 2.45) is 0 Å². The molecule has 0 spiro atoms. The van der Waals surface area contributed by atoms with Crippen molar-refractivity contribution in [1.82, 2.24) is 4.90 Å². The highest BCUT2D eigenvalue weighted by Crippen LogP contribution is 2.30. The fourth-order valence-corrected chi connectivity index (χ4v) is 2.14. The van der Waals surface area contributed by atoms with Gasteiger partial charge in [-0.1, -0.05) is 29.8 Å². The highest BCUT2D eigenvalue weighted by atomic mass is 35.5. The van der Waals surface area contributed by atoms with Crippen molar-refractivity contribution in [3.63, 3.8) is 0 Å². The molecule has 0 aromatic heterocycles. The van der Waals surface area contributed by atoms with Crippen molar-refractivity contribution in [3.8, 4) is 16.9 Å². The van der Waals surface area contributed by atoms with Gasteiger partial charge in [-0.05, 0) is 43.9 Å². The van der Waals surface area contributed by atoms with Crippen LogP contribution >= 0.6 is 11.6 Å². The van der Waals surface area contributed by atoms with Crippen molar-refractivity contribution >= 4 is 17.3 Å². The topological polar surface area (TPSA) is 38.5 Å². The lowest BCUT2D eigenvalue weighted by molar-refractivity contribution is 0.261. The van der Waals surface area contributed by atoms with Gasteiger partial charge in [0.05, 0.1) is 5.02 Å². The highest BCUT2D eigenvalue weighted by Gasteiger charge is 2.04. The summed E-state index contributed by atoms with van der Waals surface area (Å²) in [6.07, 6.45) is 0. The first-order valence-electron chi connectivity index (χ1n) is 6.49. The zero-order valence-corrected chi connectivity index (χ0v) is 12.5. The molecule has 0 atom stereocenters. The molecule has 0 bridgehead atoms. The predicted molar refractivity (Wildman–Crippen MR) is 85.3 cm³/mol. The number of ether oxygens (including phenoxy) is 1. The standard InChI is InChI=1S/C16H19ClN2O/c1-19(2)9-10-20-14-6-3-12(4-7-14)15-8-5-13(18)11-16(15)17/h3-8,11H,9-10,18H2,1-2H3. The van der Waals surface area contributed by atoms with Gasteiger partial charge < -0.3 is 15.4 Å². The number of benzene rings is 2. The Labute approximate surface area is 124 Å². The molecule has 0 saturated carbocycles. The molecule has 0 unspecified atom stereocenters. The molecule has 0 aliphatic rings. The molecule has 0 saturated heterocycles. The summed E-state index contributed by atoms with van der Waals surface area (Å²) in [6.45, 7) is 1.57. The van der Waals surface area contributed by atoms with E-state index in [0.29, 0.717) is 17.3 Å². The maximum atomic E-state index is 6.21. The van der Waals surface area contributed by atoms with Gasteiger partial charge in [0.15, 0.2) is 0 Å². The molecule has 0 aliphatic heterocycles. The lowest BCUT2D eigenvalue weighted by Gasteiger charge is -2.11. The summed E-state index contributed by atoms with van der Waals surface area (Å²) in [5, 5.41) is 0.659. The van der Waals surface area contributed by atoms with Gasteiger partial charge in [-0.25, -0.2) is 0 Å². The average molecular weight is 291 g/mol. The Morgan fingerprint density at radius 2 is 1.80 bits per heavy atom. The minimum atomic E-state index is 0.659. The fourth-order valence-electron chi connectivity index (χ4n) is 1.84. The quantitative estimate of drug-likeness (QED) is 0.856. The van der Waals surface area contributed by atoms with Crippen LogP contribution in [0.1, 0.15) is 0 Å². The Hall–Kier alpha value is -1.71. The van der Waals surface area contributed by atoms with Gasteiger partial charge in [-0.15, -0.1) is 0 Å². The Morgan fingerprint density at radius 1 is 1.10 bits per heavy atom. The summed E-state index contributed by atoms with van der Waals surface area (Å²) >= 11 is 6.21. The number of nitrogens with two attached hydrogens (primary N) is 1. The molecule has 2 aromatic rings. The maximum Gasteiger partial charge on any atom is 0.119 e. The number of rotatable bonds is 5. The summed E-state index contributed by atoms with van der Waals surface area (Å²) in [5.41, 5.74) is 8.39. The number of nitrogens with zero attached hydrogens (tertiary/aromatic N) is 1. The highest BCUT2D eigenvalue weighted by molar-refractivity contribution is 6.33. The second-order valence-corrected chi connectivity index (χ2v) is 5.32. The number of likely N-dealkylation sites (N-methyl/N-ethyl adjacent to an activating group) is 1. The average Bonchev–Trinajstić information content (AvgIpc) is 2.39. The molecular formula is C16H19ClN2O. The molecule has 0 amide bonds. The van der Waals surface area contributed by atoms with E-state index in [1.165, 1.54) is 0 Å². The monoisotopic (exact) mass is 290 g/mol. The zero-order valence-electron chi connectivity index (χ0n) is 11.8. The Morgan fingerprint density at radius 3 is 2.40 bits per heavy atom. The van der Waals surface area contributed by atoms with Crippen molar-refractivity contribution < 1.29 is 4.74 Å². The van der Waals surface area contributed by atoms with E-state index in [2.05, 4.69) is 4.90 Å². The first kappa shape index (κ1) is 14.7. The lowest BCUT2D eigenvalue weighted by atomic mass is 10.1. The van der Waals surface area contributed by atoms with E-state index in [4.69, 9.17) is 22.1 Å². The molecule has 0 aliphatic carbocycles. The first-order chi connectivity index (χ1) is 9.56. The van der Waals surface area contributed by atoms with Gasteiger partial charge in [0.1, 0.15) is 12.4 Å². The number of halogens is 1. The van der Waals surface area contributed by atoms with Crippen LogP contribution in [0.2, 0.25) is 5.02 Å². The third kappa shape index (κ3) is 3.89. The molecule has 2 rings (SSSR count). The molecule has 4 heteroatoms. The normalized spacial score (nSPS) is 10.8. The van der Waals surface area contributed by atoms with Crippen molar-refractivity contribution in [2.75, 3.05) is 33.0 Å². The molecule has 3 nitrogen and oxygen atoms in total. The van der Waals surface area contributed by atoms with Gasteiger partial charge in [-0.2, -0.15) is 0 Å². The minimum Gasteiger partial charge on any atom is -0.492 e. The summed E-state index contributed by atoms with van der Waals surface area (Å²) in [6, 6.07) is 13.5. The van der Waals surface area contributed by atoms with Gasteiger partial charge in [0, 0.05) is 17.8 Å². The predicted octanol–water partition coefficient (Wildman–Crippen LogP) is 3.53. The van der Waals surface area contributed by atoms with Gasteiger partial charge in [0.25, 0.3) is 0 Å². The van der Waals surface area contributed by atoms with E-state index < -0.39 is 0 Å². The fraction of sp³-hybridized carbons (Fsp3) is 0.250. The molecule has 0 heterocycles. The van der Waals surface area contributed by atoms with Gasteiger partial charge in [0.2, 0.25) is 0 Å². The molecular weight excluding hydrogens is 272 g/mol. The third-order valence-electron chi connectivity index (χ3n) is 2.97. The lowest BCUT2D eigenvalue weighted by Crippen LogP contribution is -2.19. The summed E-state index contributed by atoms with van der Waals surface area (Å²) in [4.78, 5) is 2.09. The van der Waals surface area contributed by atoms with Gasteiger partial charge in [-0.3, -0.25) is 0 Å². The second-order valence-electron chi connectivity index (χ2n) is 4.92. The van der Waals surface area contributed by atoms with Crippen LogP contribution in [0.15, 0.2) is 42.5 Å². The van der Waals surface area contributed by atoms with Crippen molar-refractivity contribution in [3.05, 3.63) is 47.5 Å². The third-order valence-corrected chi connectivity index (χ3v) is 3.28. The Balaban J connectivity index is 2.07. The summed E-state index contributed by atoms with van der Waals surface area (Å²) < 4.78 is 5.66. The van der Waals surface area contributed by atoms with Crippen LogP contribution < -0.4 is 10.5 Å². The van der Waals surface area contributed by atoms with E-state index >= 15 is 0 Å². The minimum absolute atomic E-state index is 0.659.